The summed E-state index contributed by atoms with van der Waals surface area (Å²) in [7, 11) is 0. The van der Waals surface area contributed by atoms with E-state index in [1.54, 1.807) is 6.92 Å². The molecule has 0 aliphatic carbocycles. The summed E-state index contributed by atoms with van der Waals surface area (Å²) in [4.78, 5) is 33.2. The number of ketones is 1. The van der Waals surface area contributed by atoms with Crippen molar-refractivity contribution in [1.82, 2.24) is 9.88 Å². The highest BCUT2D eigenvalue weighted by atomic mass is 32.1. The Bertz CT molecular complexity index is 1060. The molecule has 1 aromatic heterocycles. The molecule has 0 saturated carbocycles. The zero-order valence-electron chi connectivity index (χ0n) is 18.2. The Labute approximate surface area is 187 Å². The first kappa shape index (κ1) is 21.2. The Kier molecular flexibility index (Phi) is 6.18. The van der Waals surface area contributed by atoms with Crippen molar-refractivity contribution in [3.63, 3.8) is 0 Å². The molecule has 2 heterocycles. The van der Waals surface area contributed by atoms with Gasteiger partial charge in [-0.15, -0.1) is 11.3 Å². The number of piperazine rings is 1. The van der Waals surface area contributed by atoms with Crippen molar-refractivity contribution in [3.05, 3.63) is 70.7 Å². The van der Waals surface area contributed by atoms with Crippen LogP contribution >= 0.6 is 11.3 Å². The monoisotopic (exact) mass is 433 g/mol. The number of benzene rings is 2. The highest BCUT2D eigenvalue weighted by Crippen LogP contribution is 2.26. The number of rotatable bonds is 5. The molecule has 5 nitrogen and oxygen atoms in total. The minimum Gasteiger partial charge on any atom is -0.368 e. The van der Waals surface area contributed by atoms with Gasteiger partial charge in [0.15, 0.2) is 5.78 Å². The smallest absolute Gasteiger partial charge is 0.273 e. The van der Waals surface area contributed by atoms with Gasteiger partial charge in [0.1, 0.15) is 10.7 Å². The molecular formula is C25H27N3O2S. The van der Waals surface area contributed by atoms with E-state index in [4.69, 9.17) is 0 Å². The molecule has 160 valence electrons. The number of anilines is 1. The fourth-order valence-electron chi connectivity index (χ4n) is 3.75. The average molecular weight is 434 g/mol. The number of Topliss-reactive ketones (excluding diaryl/α,β-unsaturated/α-hetero) is 1. The van der Waals surface area contributed by atoms with Crippen molar-refractivity contribution in [1.29, 1.82) is 0 Å². The lowest BCUT2D eigenvalue weighted by molar-refractivity contribution is 0.0741. The molecule has 1 amide bonds. The van der Waals surface area contributed by atoms with Crippen LogP contribution in [0, 0.1) is 0 Å². The molecule has 1 saturated heterocycles. The van der Waals surface area contributed by atoms with E-state index in [1.165, 1.54) is 16.9 Å². The molecule has 6 heteroatoms. The van der Waals surface area contributed by atoms with Crippen molar-refractivity contribution in [2.24, 2.45) is 0 Å². The van der Waals surface area contributed by atoms with E-state index in [0.717, 1.165) is 34.9 Å². The zero-order valence-corrected chi connectivity index (χ0v) is 19.0. The van der Waals surface area contributed by atoms with Gasteiger partial charge in [0, 0.05) is 48.4 Å². The van der Waals surface area contributed by atoms with E-state index in [1.807, 2.05) is 34.5 Å². The van der Waals surface area contributed by atoms with Gasteiger partial charge in [0.2, 0.25) is 0 Å². The minimum absolute atomic E-state index is 0.00659. The van der Waals surface area contributed by atoms with Crippen LogP contribution in [0.25, 0.3) is 10.6 Å². The normalized spacial score (nSPS) is 14.2. The van der Waals surface area contributed by atoms with Gasteiger partial charge in [-0.2, -0.15) is 0 Å². The fourth-order valence-corrected chi connectivity index (χ4v) is 4.55. The number of carbonyl (C=O) groups is 2. The van der Waals surface area contributed by atoms with Crippen LogP contribution < -0.4 is 4.90 Å². The number of thiazole rings is 1. The molecule has 0 bridgehead atoms. The van der Waals surface area contributed by atoms with E-state index >= 15 is 0 Å². The van der Waals surface area contributed by atoms with Gasteiger partial charge in [0.25, 0.3) is 5.91 Å². The summed E-state index contributed by atoms with van der Waals surface area (Å²) >= 11 is 1.51. The summed E-state index contributed by atoms with van der Waals surface area (Å²) in [5.74, 6) is 0.557. The molecule has 3 aromatic rings. The Balaban J connectivity index is 1.38. The highest BCUT2D eigenvalue weighted by molar-refractivity contribution is 7.13. The van der Waals surface area contributed by atoms with Crippen LogP contribution in [-0.4, -0.2) is 47.8 Å². The molecular weight excluding hydrogens is 406 g/mol. The standard InChI is InChI=1S/C25H27N3O2S/c1-17(2)19-4-6-21(7-5-19)24-26-23(16-31-24)25(30)28-14-12-27(13-15-28)22-10-8-20(9-11-22)18(3)29/h4-11,16-17H,12-15H2,1-3H3. The van der Waals surface area contributed by atoms with Crippen LogP contribution in [0.15, 0.2) is 53.9 Å². The Morgan fingerprint density at radius 2 is 1.58 bits per heavy atom. The number of nitrogens with zero attached hydrogens (tertiary/aromatic N) is 3. The van der Waals surface area contributed by atoms with Gasteiger partial charge < -0.3 is 9.80 Å². The molecule has 1 aliphatic heterocycles. The lowest BCUT2D eigenvalue weighted by atomic mass is 10.0. The van der Waals surface area contributed by atoms with Crippen LogP contribution in [0.3, 0.4) is 0 Å². The van der Waals surface area contributed by atoms with Gasteiger partial charge in [-0.25, -0.2) is 4.98 Å². The second-order valence-electron chi connectivity index (χ2n) is 8.20. The SMILES string of the molecule is CC(=O)c1ccc(N2CCN(C(=O)c3csc(-c4ccc(C(C)C)cc4)n3)CC2)cc1. The maximum absolute atomic E-state index is 13.0. The molecule has 0 N–H and O–H groups in total. The number of aromatic nitrogens is 1. The highest BCUT2D eigenvalue weighted by Gasteiger charge is 2.24. The van der Waals surface area contributed by atoms with Crippen molar-refractivity contribution in [2.75, 3.05) is 31.1 Å². The first-order chi connectivity index (χ1) is 14.9. The van der Waals surface area contributed by atoms with E-state index < -0.39 is 0 Å². The predicted octanol–water partition coefficient (Wildman–Crippen LogP) is 5.10. The third-order valence-electron chi connectivity index (χ3n) is 5.75. The average Bonchev–Trinajstić information content (AvgIpc) is 3.29. The van der Waals surface area contributed by atoms with Crippen LogP contribution in [-0.2, 0) is 0 Å². The summed E-state index contributed by atoms with van der Waals surface area (Å²) in [6.07, 6.45) is 0. The van der Waals surface area contributed by atoms with E-state index in [2.05, 4.69) is 48.0 Å². The van der Waals surface area contributed by atoms with E-state index in [0.29, 0.717) is 24.7 Å². The van der Waals surface area contributed by atoms with Gasteiger partial charge in [0.05, 0.1) is 0 Å². The Hall–Kier alpha value is -2.99. The largest absolute Gasteiger partial charge is 0.368 e. The molecule has 0 spiro atoms. The van der Waals surface area contributed by atoms with Crippen molar-refractivity contribution < 1.29 is 9.59 Å². The lowest BCUT2D eigenvalue weighted by Crippen LogP contribution is -2.48. The first-order valence-corrected chi connectivity index (χ1v) is 11.5. The van der Waals surface area contributed by atoms with E-state index in [9.17, 15) is 9.59 Å². The maximum Gasteiger partial charge on any atom is 0.273 e. The van der Waals surface area contributed by atoms with Gasteiger partial charge in [-0.05, 0) is 42.7 Å². The van der Waals surface area contributed by atoms with E-state index in [-0.39, 0.29) is 11.7 Å². The molecule has 0 atom stereocenters. The number of hydrogen-bond donors (Lipinski definition) is 0. The first-order valence-electron chi connectivity index (χ1n) is 10.6. The summed E-state index contributed by atoms with van der Waals surface area (Å²) in [5.41, 5.74) is 4.67. The molecule has 4 rings (SSSR count). The summed E-state index contributed by atoms with van der Waals surface area (Å²) in [5, 5.41) is 2.74. The Morgan fingerprint density at radius 1 is 0.935 bits per heavy atom. The number of amides is 1. The Morgan fingerprint density at radius 3 is 2.16 bits per heavy atom. The third-order valence-corrected chi connectivity index (χ3v) is 6.64. The van der Waals surface area contributed by atoms with Crippen LogP contribution in [0.2, 0.25) is 0 Å². The molecule has 2 aromatic carbocycles. The summed E-state index contributed by atoms with van der Waals surface area (Å²) in [6, 6.07) is 16.1. The van der Waals surface area contributed by atoms with Crippen LogP contribution in [0.4, 0.5) is 5.69 Å². The van der Waals surface area contributed by atoms with Gasteiger partial charge >= 0.3 is 0 Å². The van der Waals surface area contributed by atoms with Crippen LogP contribution in [0.5, 0.6) is 0 Å². The molecule has 31 heavy (non-hydrogen) atoms. The minimum atomic E-state index is -0.00659. The zero-order chi connectivity index (χ0) is 22.0. The number of hydrogen-bond acceptors (Lipinski definition) is 5. The van der Waals surface area contributed by atoms with Crippen LogP contribution in [0.1, 0.15) is 53.1 Å². The summed E-state index contributed by atoms with van der Waals surface area (Å²) in [6.45, 7) is 8.76. The van der Waals surface area contributed by atoms with Gasteiger partial charge in [-0.1, -0.05) is 38.1 Å². The topological polar surface area (TPSA) is 53.5 Å². The van der Waals surface area contributed by atoms with Crippen molar-refractivity contribution in [3.8, 4) is 10.6 Å². The van der Waals surface area contributed by atoms with Crippen molar-refractivity contribution in [2.45, 2.75) is 26.7 Å². The molecule has 1 fully saturated rings. The third kappa shape index (κ3) is 4.69. The molecule has 0 unspecified atom stereocenters. The quantitative estimate of drug-likeness (QED) is 0.526. The second kappa shape index (κ2) is 9.02. The summed E-state index contributed by atoms with van der Waals surface area (Å²) < 4.78 is 0. The van der Waals surface area contributed by atoms with Crippen molar-refractivity contribution >= 4 is 28.7 Å². The molecule has 1 aliphatic rings. The second-order valence-corrected chi connectivity index (χ2v) is 9.06. The molecule has 0 radical (unpaired) electrons. The predicted molar refractivity (Wildman–Crippen MR) is 126 cm³/mol. The number of carbonyl (C=O) groups excluding carboxylic acids is 2. The maximum atomic E-state index is 13.0. The van der Waals surface area contributed by atoms with Gasteiger partial charge in [-0.3, -0.25) is 9.59 Å². The fraction of sp³-hybridized carbons (Fsp3) is 0.320. The lowest BCUT2D eigenvalue weighted by Gasteiger charge is -2.35.